The summed E-state index contributed by atoms with van der Waals surface area (Å²) in [6.45, 7) is 3.28. The first-order valence-corrected chi connectivity index (χ1v) is 10.7. The molecule has 0 amide bonds. The molecule has 0 unspecified atom stereocenters. The molecule has 158 valence electrons. The number of fused-ring (bicyclic) bond motifs is 2. The molecular weight excluding hydrogens is 388 g/mol. The van der Waals surface area contributed by atoms with Gasteiger partial charge in [-0.15, -0.1) is 0 Å². The van der Waals surface area contributed by atoms with Crippen molar-refractivity contribution in [2.75, 3.05) is 6.61 Å². The monoisotopic (exact) mass is 414 g/mol. The Morgan fingerprint density at radius 3 is 2.68 bits per heavy atom. The Labute approximate surface area is 181 Å². The van der Waals surface area contributed by atoms with Crippen LogP contribution in [0, 0.1) is 6.92 Å². The van der Waals surface area contributed by atoms with Crippen LogP contribution in [0.3, 0.4) is 0 Å². The fourth-order valence-electron chi connectivity index (χ4n) is 4.79. The third-order valence-electron chi connectivity index (χ3n) is 6.43. The van der Waals surface area contributed by atoms with E-state index in [9.17, 15) is 9.90 Å². The highest BCUT2D eigenvalue weighted by Crippen LogP contribution is 2.39. The second-order valence-electron chi connectivity index (χ2n) is 8.20. The Morgan fingerprint density at radius 2 is 1.90 bits per heavy atom. The van der Waals surface area contributed by atoms with Crippen LogP contribution in [-0.2, 0) is 26.6 Å². The Morgan fingerprint density at radius 1 is 1.10 bits per heavy atom. The van der Waals surface area contributed by atoms with E-state index in [2.05, 4.69) is 25.1 Å². The summed E-state index contributed by atoms with van der Waals surface area (Å²) in [6, 6.07) is 16.2. The van der Waals surface area contributed by atoms with Crippen LogP contribution in [0.5, 0.6) is 5.75 Å². The summed E-state index contributed by atoms with van der Waals surface area (Å²) in [5, 5.41) is 11.1. The number of benzene rings is 2. The number of aliphatic hydroxyl groups is 1. The standard InChI is InChI=1S/C26H26N2O3/c1-17-19-9-6-14-31-23(19)11-10-20(17)24-21-12-13-28(15-18-7-4-3-5-8-18)25(21)26(30)27(2)22(24)16-29/h3-5,7-8,10-13,29H,6,9,14-16H2,1-2H3. The zero-order valence-electron chi connectivity index (χ0n) is 17.9. The smallest absolute Gasteiger partial charge is 0.275 e. The van der Waals surface area contributed by atoms with E-state index in [1.54, 1.807) is 11.6 Å². The molecule has 0 fully saturated rings. The zero-order chi connectivity index (χ0) is 21.5. The van der Waals surface area contributed by atoms with Gasteiger partial charge >= 0.3 is 0 Å². The van der Waals surface area contributed by atoms with Gasteiger partial charge in [0, 0.05) is 30.7 Å². The molecule has 5 nitrogen and oxygen atoms in total. The summed E-state index contributed by atoms with van der Waals surface area (Å²) in [7, 11) is 1.74. The number of nitrogens with zero attached hydrogens (tertiary/aromatic N) is 2. The molecule has 0 aliphatic carbocycles. The van der Waals surface area contributed by atoms with E-state index in [-0.39, 0.29) is 12.2 Å². The molecule has 0 bridgehead atoms. The Kier molecular flexibility index (Phi) is 4.91. The molecular formula is C26H26N2O3. The first-order chi connectivity index (χ1) is 15.1. The van der Waals surface area contributed by atoms with Crippen molar-refractivity contribution in [3.8, 4) is 16.9 Å². The summed E-state index contributed by atoms with van der Waals surface area (Å²) < 4.78 is 9.44. The minimum Gasteiger partial charge on any atom is -0.493 e. The van der Waals surface area contributed by atoms with E-state index in [1.807, 2.05) is 41.1 Å². The molecule has 2 aromatic heterocycles. The van der Waals surface area contributed by atoms with Gasteiger partial charge in [-0.1, -0.05) is 36.4 Å². The number of aliphatic hydroxyl groups excluding tert-OH is 1. The second-order valence-corrected chi connectivity index (χ2v) is 8.20. The molecule has 1 aliphatic rings. The molecule has 1 N–H and O–H groups in total. The average molecular weight is 415 g/mol. The van der Waals surface area contributed by atoms with E-state index in [1.165, 1.54) is 5.56 Å². The van der Waals surface area contributed by atoms with E-state index >= 15 is 0 Å². The van der Waals surface area contributed by atoms with Crippen molar-refractivity contribution in [2.24, 2.45) is 7.05 Å². The molecule has 0 radical (unpaired) electrons. The van der Waals surface area contributed by atoms with Gasteiger partial charge in [0.15, 0.2) is 0 Å². The van der Waals surface area contributed by atoms with Crippen LogP contribution in [-0.4, -0.2) is 20.8 Å². The number of aromatic nitrogens is 2. The largest absolute Gasteiger partial charge is 0.493 e. The SMILES string of the molecule is Cc1c(-c2c(CO)n(C)c(=O)c3c2ccn3Cc2ccccc2)ccc2c1CCCO2. The van der Waals surface area contributed by atoms with E-state index < -0.39 is 0 Å². The third kappa shape index (κ3) is 3.17. The lowest BCUT2D eigenvalue weighted by molar-refractivity contribution is 0.272. The third-order valence-corrected chi connectivity index (χ3v) is 6.43. The molecule has 0 saturated heterocycles. The molecule has 0 atom stereocenters. The van der Waals surface area contributed by atoms with Crippen LogP contribution in [0.15, 0.2) is 59.5 Å². The van der Waals surface area contributed by atoms with Gasteiger partial charge < -0.3 is 19.0 Å². The van der Waals surface area contributed by atoms with Gasteiger partial charge in [0.2, 0.25) is 0 Å². The van der Waals surface area contributed by atoms with Crippen LogP contribution in [0.2, 0.25) is 0 Å². The molecule has 4 aromatic rings. The van der Waals surface area contributed by atoms with Crippen molar-refractivity contribution in [1.29, 1.82) is 0 Å². The number of hydrogen-bond acceptors (Lipinski definition) is 3. The molecule has 0 spiro atoms. The zero-order valence-corrected chi connectivity index (χ0v) is 17.9. The minimum absolute atomic E-state index is 0.0947. The van der Waals surface area contributed by atoms with Crippen LogP contribution >= 0.6 is 0 Å². The second kappa shape index (κ2) is 7.75. The van der Waals surface area contributed by atoms with Crippen molar-refractivity contribution < 1.29 is 9.84 Å². The van der Waals surface area contributed by atoms with Crippen molar-refractivity contribution in [3.63, 3.8) is 0 Å². The summed E-state index contributed by atoms with van der Waals surface area (Å²) in [4.78, 5) is 13.3. The van der Waals surface area contributed by atoms with Crippen molar-refractivity contribution in [3.05, 3.63) is 87.5 Å². The normalized spacial score (nSPS) is 13.3. The number of ether oxygens (including phenoxy) is 1. The lowest BCUT2D eigenvalue weighted by atomic mass is 9.90. The summed E-state index contributed by atoms with van der Waals surface area (Å²) >= 11 is 0. The molecule has 31 heavy (non-hydrogen) atoms. The van der Waals surface area contributed by atoms with Crippen LogP contribution < -0.4 is 10.3 Å². The molecule has 3 heterocycles. The van der Waals surface area contributed by atoms with Crippen LogP contribution in [0.25, 0.3) is 22.0 Å². The fraction of sp³-hybridized carbons (Fsp3) is 0.269. The number of rotatable bonds is 4. The predicted octanol–water partition coefficient (Wildman–Crippen LogP) is 4.18. The number of pyridine rings is 1. The number of hydrogen-bond donors (Lipinski definition) is 1. The van der Waals surface area contributed by atoms with Crippen molar-refractivity contribution in [2.45, 2.75) is 32.9 Å². The lowest BCUT2D eigenvalue weighted by Crippen LogP contribution is -2.24. The van der Waals surface area contributed by atoms with Gasteiger partial charge in [0.1, 0.15) is 11.3 Å². The summed E-state index contributed by atoms with van der Waals surface area (Å²) in [6.07, 6.45) is 3.95. The minimum atomic E-state index is -0.200. The topological polar surface area (TPSA) is 56.4 Å². The van der Waals surface area contributed by atoms with Gasteiger partial charge in [0.05, 0.1) is 18.9 Å². The molecule has 2 aromatic carbocycles. The van der Waals surface area contributed by atoms with E-state index in [4.69, 9.17) is 4.74 Å². The van der Waals surface area contributed by atoms with Crippen molar-refractivity contribution >= 4 is 10.9 Å². The molecule has 5 heteroatoms. The lowest BCUT2D eigenvalue weighted by Gasteiger charge is -2.23. The Balaban J connectivity index is 1.77. The molecule has 0 saturated carbocycles. The van der Waals surface area contributed by atoms with Gasteiger partial charge in [-0.2, -0.15) is 0 Å². The quantitative estimate of drug-likeness (QED) is 0.545. The fourth-order valence-corrected chi connectivity index (χ4v) is 4.79. The maximum absolute atomic E-state index is 13.3. The van der Waals surface area contributed by atoms with Crippen LogP contribution in [0.1, 0.15) is 28.8 Å². The van der Waals surface area contributed by atoms with Gasteiger partial charge in [-0.05, 0) is 54.2 Å². The predicted molar refractivity (Wildman–Crippen MR) is 123 cm³/mol. The highest BCUT2D eigenvalue weighted by atomic mass is 16.5. The van der Waals surface area contributed by atoms with E-state index in [0.29, 0.717) is 17.8 Å². The molecule has 5 rings (SSSR count). The van der Waals surface area contributed by atoms with E-state index in [0.717, 1.165) is 52.8 Å². The van der Waals surface area contributed by atoms with Gasteiger partial charge in [-0.3, -0.25) is 4.79 Å². The van der Waals surface area contributed by atoms with Crippen molar-refractivity contribution in [1.82, 2.24) is 9.13 Å². The Bertz CT molecular complexity index is 1330. The molecule has 1 aliphatic heterocycles. The van der Waals surface area contributed by atoms with Crippen LogP contribution in [0.4, 0.5) is 0 Å². The van der Waals surface area contributed by atoms with Gasteiger partial charge in [-0.25, -0.2) is 0 Å². The average Bonchev–Trinajstić information content (AvgIpc) is 3.21. The summed E-state index contributed by atoms with van der Waals surface area (Å²) in [5.41, 5.74) is 6.69. The van der Waals surface area contributed by atoms with Gasteiger partial charge in [0.25, 0.3) is 5.56 Å². The maximum atomic E-state index is 13.3. The first kappa shape index (κ1) is 19.6. The highest BCUT2D eigenvalue weighted by molar-refractivity contribution is 5.97. The Hall–Kier alpha value is -3.31. The summed E-state index contributed by atoms with van der Waals surface area (Å²) in [5.74, 6) is 0.945. The first-order valence-electron chi connectivity index (χ1n) is 10.7. The highest BCUT2D eigenvalue weighted by Gasteiger charge is 2.23. The maximum Gasteiger partial charge on any atom is 0.275 e.